The summed E-state index contributed by atoms with van der Waals surface area (Å²) in [6.45, 7) is 10.4. The van der Waals surface area contributed by atoms with Gasteiger partial charge in [-0.05, 0) is 44.9 Å². The van der Waals surface area contributed by atoms with E-state index >= 15 is 0 Å². The van der Waals surface area contributed by atoms with Crippen molar-refractivity contribution in [3.63, 3.8) is 0 Å². The van der Waals surface area contributed by atoms with Gasteiger partial charge in [-0.3, -0.25) is 4.79 Å². The number of ether oxygens (including phenoxy) is 2. The minimum absolute atomic E-state index is 0.164. The number of aromatic nitrogens is 3. The predicted molar refractivity (Wildman–Crippen MR) is 145 cm³/mol. The van der Waals surface area contributed by atoms with Crippen molar-refractivity contribution in [2.75, 3.05) is 18.4 Å². The number of carbonyl (C=O) groups is 2. The third kappa shape index (κ3) is 5.13. The summed E-state index contributed by atoms with van der Waals surface area (Å²) in [7, 11) is 0. The van der Waals surface area contributed by atoms with Gasteiger partial charge in [0.05, 0.1) is 11.1 Å². The lowest BCUT2D eigenvalue weighted by atomic mass is 9.69. The molecule has 2 aliphatic heterocycles. The number of hydrogen-bond acceptors (Lipinski definition) is 8. The molecule has 9 nitrogen and oxygen atoms in total. The molecule has 38 heavy (non-hydrogen) atoms. The number of benzene rings is 1. The van der Waals surface area contributed by atoms with E-state index in [-0.39, 0.29) is 17.9 Å². The maximum Gasteiger partial charge on any atom is 0.410 e. The average Bonchev–Trinajstić information content (AvgIpc) is 3.39. The molecule has 0 saturated heterocycles. The van der Waals surface area contributed by atoms with Gasteiger partial charge in [-0.1, -0.05) is 55.5 Å². The Kier molecular flexibility index (Phi) is 6.68. The van der Waals surface area contributed by atoms with Crippen molar-refractivity contribution in [1.29, 1.82) is 0 Å². The van der Waals surface area contributed by atoms with Crippen molar-refractivity contribution >= 4 is 34.0 Å². The Morgan fingerprint density at radius 1 is 1.11 bits per heavy atom. The first-order valence-corrected chi connectivity index (χ1v) is 13.4. The van der Waals surface area contributed by atoms with E-state index in [0.717, 1.165) is 22.4 Å². The average molecular weight is 534 g/mol. The third-order valence-electron chi connectivity index (χ3n) is 6.71. The van der Waals surface area contributed by atoms with Crippen molar-refractivity contribution < 1.29 is 19.1 Å². The number of anilines is 1. The van der Waals surface area contributed by atoms with Gasteiger partial charge in [0, 0.05) is 30.1 Å². The summed E-state index contributed by atoms with van der Waals surface area (Å²) in [5.74, 6) is 0.710. The number of rotatable bonds is 4. The zero-order valence-corrected chi connectivity index (χ0v) is 23.0. The maximum absolute atomic E-state index is 13.5. The number of para-hydroxylation sites is 1. The van der Waals surface area contributed by atoms with Crippen LogP contribution in [0.1, 0.15) is 63.8 Å². The topological polar surface area (TPSA) is 107 Å². The molecular weight excluding hydrogens is 502 g/mol. The Hall–Kier alpha value is -3.79. The predicted octanol–water partition coefficient (Wildman–Crippen LogP) is 5.86. The normalized spacial score (nSPS) is 17.0. The van der Waals surface area contributed by atoms with Crippen LogP contribution in [0.3, 0.4) is 0 Å². The van der Waals surface area contributed by atoms with Crippen LogP contribution in [-0.2, 0) is 9.53 Å². The Labute approximate surface area is 225 Å². The van der Waals surface area contributed by atoms with Gasteiger partial charge >= 0.3 is 6.09 Å². The summed E-state index contributed by atoms with van der Waals surface area (Å²) >= 11 is 1.28. The number of hydrogen-bond donors (Lipinski definition) is 1. The lowest BCUT2D eigenvalue weighted by Crippen LogP contribution is -2.39. The van der Waals surface area contributed by atoms with Crippen molar-refractivity contribution in [3.8, 4) is 11.6 Å². The molecule has 0 unspecified atom stereocenters. The van der Waals surface area contributed by atoms with Crippen molar-refractivity contribution in [2.45, 2.75) is 52.6 Å². The van der Waals surface area contributed by atoms with E-state index in [1.807, 2.05) is 77.1 Å². The Morgan fingerprint density at radius 3 is 2.58 bits per heavy atom. The second-order valence-corrected chi connectivity index (χ2v) is 11.8. The molecule has 3 aromatic rings. The van der Waals surface area contributed by atoms with Crippen LogP contribution in [0.5, 0.6) is 11.6 Å². The SMILES string of the molecule is CC(C)(C)OC(=O)N1CC=C(c2ccc3c(n2)Oc2ccccc2[C@@H]3C(C)(C)C(=O)Nc2nncs2)CC1. The number of pyridine rings is 1. The van der Waals surface area contributed by atoms with Crippen LogP contribution < -0.4 is 10.1 Å². The molecule has 0 radical (unpaired) electrons. The number of nitrogens with zero attached hydrogens (tertiary/aromatic N) is 4. The Balaban J connectivity index is 1.43. The van der Waals surface area contributed by atoms with E-state index in [0.29, 0.717) is 36.3 Å². The monoisotopic (exact) mass is 533 g/mol. The second-order valence-electron chi connectivity index (χ2n) is 11.0. The minimum atomic E-state index is -0.846. The first kappa shape index (κ1) is 25.8. The van der Waals surface area contributed by atoms with Crippen molar-refractivity contribution in [2.24, 2.45) is 5.41 Å². The fourth-order valence-electron chi connectivity index (χ4n) is 4.80. The highest BCUT2D eigenvalue weighted by atomic mass is 32.1. The van der Waals surface area contributed by atoms with E-state index in [1.54, 1.807) is 10.4 Å². The van der Waals surface area contributed by atoms with E-state index in [9.17, 15) is 9.59 Å². The highest BCUT2D eigenvalue weighted by Crippen LogP contribution is 2.51. The first-order valence-electron chi connectivity index (χ1n) is 12.6. The van der Waals surface area contributed by atoms with Crippen LogP contribution >= 0.6 is 11.3 Å². The van der Waals surface area contributed by atoms with E-state index in [4.69, 9.17) is 14.5 Å². The molecule has 0 fully saturated rings. The van der Waals surface area contributed by atoms with Crippen LogP contribution in [-0.4, -0.2) is 50.8 Å². The molecule has 1 N–H and O–H groups in total. The second kappa shape index (κ2) is 9.83. The zero-order chi connectivity index (χ0) is 27.1. The van der Waals surface area contributed by atoms with E-state index in [1.165, 1.54) is 11.3 Å². The zero-order valence-electron chi connectivity index (χ0n) is 22.1. The third-order valence-corrected chi connectivity index (χ3v) is 7.32. The van der Waals surface area contributed by atoms with Crippen LogP contribution in [0.15, 0.2) is 48.0 Å². The lowest BCUT2D eigenvalue weighted by molar-refractivity contribution is -0.124. The molecule has 0 saturated carbocycles. The molecule has 5 rings (SSSR count). The number of fused-ring (bicyclic) bond motifs is 2. The molecule has 2 aliphatic rings. The summed E-state index contributed by atoms with van der Waals surface area (Å²) in [5.41, 5.74) is 3.81. The lowest BCUT2D eigenvalue weighted by Gasteiger charge is -2.37. The van der Waals surface area contributed by atoms with Gasteiger partial charge < -0.3 is 19.7 Å². The Morgan fingerprint density at radius 2 is 1.89 bits per heavy atom. The van der Waals surface area contributed by atoms with Crippen LogP contribution in [0.2, 0.25) is 0 Å². The number of amides is 2. The van der Waals surface area contributed by atoms with Crippen LogP contribution in [0.4, 0.5) is 9.93 Å². The summed E-state index contributed by atoms with van der Waals surface area (Å²) < 4.78 is 11.8. The standard InChI is InChI=1S/C28H31N5O4S/c1-27(2,3)37-26(35)33-14-12-17(13-15-33)20-11-10-19-22(18-8-6-7-9-21(18)36-23(19)30-20)28(4,5)24(34)31-25-32-29-16-38-25/h6-12,16,22H,13-15H2,1-5H3,(H,31,32,34)/t22-/m0/s1. The number of nitrogens with one attached hydrogen (secondary N) is 1. The van der Waals surface area contributed by atoms with Crippen molar-refractivity contribution in [1.82, 2.24) is 20.1 Å². The smallest absolute Gasteiger partial charge is 0.410 e. The van der Waals surface area contributed by atoms with E-state index in [2.05, 4.69) is 15.5 Å². The molecule has 2 amide bonds. The molecule has 2 aromatic heterocycles. The fraction of sp³-hybridized carbons (Fsp3) is 0.393. The molecule has 0 aliphatic carbocycles. The van der Waals surface area contributed by atoms with Gasteiger partial charge in [0.15, 0.2) is 0 Å². The molecule has 0 bridgehead atoms. The van der Waals surface area contributed by atoms with Crippen molar-refractivity contribution in [3.05, 3.63) is 64.8 Å². The number of carbonyl (C=O) groups excluding carboxylic acids is 2. The molecular formula is C28H31N5O4S. The summed E-state index contributed by atoms with van der Waals surface area (Å²) in [6.07, 6.45) is 2.35. The largest absolute Gasteiger partial charge is 0.444 e. The first-order chi connectivity index (χ1) is 18.0. The molecule has 4 heterocycles. The minimum Gasteiger partial charge on any atom is -0.444 e. The van der Waals surface area contributed by atoms with Gasteiger partial charge in [-0.25, -0.2) is 9.78 Å². The van der Waals surface area contributed by atoms with E-state index < -0.39 is 11.0 Å². The fourth-order valence-corrected chi connectivity index (χ4v) is 5.24. The van der Waals surface area contributed by atoms with Gasteiger partial charge in [-0.15, -0.1) is 10.2 Å². The highest BCUT2D eigenvalue weighted by molar-refractivity contribution is 7.13. The summed E-state index contributed by atoms with van der Waals surface area (Å²) in [4.78, 5) is 32.5. The highest BCUT2D eigenvalue weighted by Gasteiger charge is 2.44. The van der Waals surface area contributed by atoms with Gasteiger partial charge in [-0.2, -0.15) is 0 Å². The summed E-state index contributed by atoms with van der Waals surface area (Å²) in [6, 6.07) is 11.7. The van der Waals surface area contributed by atoms with Gasteiger partial charge in [0.2, 0.25) is 16.9 Å². The molecule has 0 spiro atoms. The van der Waals surface area contributed by atoms with Gasteiger partial charge in [0.25, 0.3) is 0 Å². The quantitative estimate of drug-likeness (QED) is 0.448. The molecule has 198 valence electrons. The van der Waals surface area contributed by atoms with Crippen LogP contribution in [0.25, 0.3) is 5.57 Å². The molecule has 1 atom stereocenters. The molecule has 10 heteroatoms. The maximum atomic E-state index is 13.5. The van der Waals surface area contributed by atoms with Crippen LogP contribution in [0, 0.1) is 5.41 Å². The Bertz CT molecular complexity index is 1390. The molecule has 1 aromatic carbocycles. The summed E-state index contributed by atoms with van der Waals surface area (Å²) in [5, 5.41) is 11.1. The van der Waals surface area contributed by atoms with Gasteiger partial charge in [0.1, 0.15) is 16.9 Å².